The van der Waals surface area contributed by atoms with E-state index >= 15 is 0 Å². The SMILES string of the molecule is CC[C@@H](C(=O)NC)N(Cc1ccc(Cl)cc1Cl)C(=O)CN(C)S(=O)(=O)c1ccc2ccccc2c1. The maximum Gasteiger partial charge on any atom is 0.243 e. The third-order valence-electron chi connectivity index (χ3n) is 5.78. The Bertz CT molecular complexity index is 1350. The third kappa shape index (κ3) is 6.13. The molecule has 0 spiro atoms. The summed E-state index contributed by atoms with van der Waals surface area (Å²) in [6.45, 7) is 1.34. The topological polar surface area (TPSA) is 86.8 Å². The van der Waals surface area contributed by atoms with Gasteiger partial charge in [0.2, 0.25) is 21.8 Å². The summed E-state index contributed by atoms with van der Waals surface area (Å²) in [6, 6.07) is 16.3. The number of carbonyl (C=O) groups excluding carboxylic acids is 2. The smallest absolute Gasteiger partial charge is 0.243 e. The Morgan fingerprint density at radius 3 is 2.31 bits per heavy atom. The largest absolute Gasteiger partial charge is 0.357 e. The summed E-state index contributed by atoms with van der Waals surface area (Å²) < 4.78 is 27.5. The van der Waals surface area contributed by atoms with Crippen LogP contribution in [0.1, 0.15) is 18.9 Å². The first kappa shape index (κ1) is 26.9. The molecule has 186 valence electrons. The summed E-state index contributed by atoms with van der Waals surface area (Å²) >= 11 is 12.3. The summed E-state index contributed by atoms with van der Waals surface area (Å²) in [5.41, 5.74) is 0.590. The number of hydrogen-bond acceptors (Lipinski definition) is 4. The van der Waals surface area contributed by atoms with Crippen molar-refractivity contribution in [3.05, 3.63) is 76.3 Å². The van der Waals surface area contributed by atoms with Gasteiger partial charge in [-0.05, 0) is 47.0 Å². The van der Waals surface area contributed by atoms with Gasteiger partial charge in [-0.2, -0.15) is 4.31 Å². The highest BCUT2D eigenvalue weighted by Gasteiger charge is 2.31. The molecule has 3 rings (SSSR count). The van der Waals surface area contributed by atoms with Crippen LogP contribution in [-0.2, 0) is 26.2 Å². The van der Waals surface area contributed by atoms with Gasteiger partial charge in [-0.3, -0.25) is 9.59 Å². The van der Waals surface area contributed by atoms with Gasteiger partial charge in [-0.15, -0.1) is 0 Å². The van der Waals surface area contributed by atoms with E-state index in [1.807, 2.05) is 24.3 Å². The number of sulfonamides is 1. The molecule has 0 saturated heterocycles. The lowest BCUT2D eigenvalue weighted by Gasteiger charge is -2.31. The minimum Gasteiger partial charge on any atom is -0.357 e. The molecule has 0 bridgehead atoms. The lowest BCUT2D eigenvalue weighted by Crippen LogP contribution is -2.51. The number of hydrogen-bond donors (Lipinski definition) is 1. The second-order valence-corrected chi connectivity index (χ2v) is 11.0. The van der Waals surface area contributed by atoms with Gasteiger partial charge in [0.15, 0.2) is 0 Å². The Balaban J connectivity index is 1.90. The van der Waals surface area contributed by atoms with Crippen molar-refractivity contribution in [3.8, 4) is 0 Å². The zero-order valence-electron chi connectivity index (χ0n) is 19.7. The third-order valence-corrected chi connectivity index (χ3v) is 8.16. The molecule has 0 aliphatic rings. The minimum atomic E-state index is -3.96. The zero-order chi connectivity index (χ0) is 25.8. The normalized spacial score (nSPS) is 12.5. The second kappa shape index (κ2) is 11.4. The predicted octanol–water partition coefficient (Wildman–Crippen LogP) is 4.32. The van der Waals surface area contributed by atoms with Crippen molar-refractivity contribution < 1.29 is 18.0 Å². The lowest BCUT2D eigenvalue weighted by atomic mass is 10.1. The van der Waals surface area contributed by atoms with Crippen molar-refractivity contribution in [1.82, 2.24) is 14.5 Å². The second-order valence-electron chi connectivity index (χ2n) is 8.07. The number of benzene rings is 3. The summed E-state index contributed by atoms with van der Waals surface area (Å²) in [5.74, 6) is -0.885. The average molecular weight is 536 g/mol. The van der Waals surface area contributed by atoms with Gasteiger partial charge >= 0.3 is 0 Å². The quantitative estimate of drug-likeness (QED) is 0.442. The highest BCUT2D eigenvalue weighted by atomic mass is 35.5. The standard InChI is InChI=1S/C25H27Cl2N3O4S/c1-4-23(25(32)28-2)30(15-19-9-11-20(26)14-22(19)27)24(31)16-29(3)35(33,34)21-12-10-17-7-5-6-8-18(17)13-21/h5-14,23H,4,15-16H2,1-3H3,(H,28,32)/t23-/m0/s1. The molecule has 0 fully saturated rings. The first-order chi connectivity index (χ1) is 16.6. The first-order valence-electron chi connectivity index (χ1n) is 11.0. The van der Waals surface area contributed by atoms with Crippen LogP contribution >= 0.6 is 23.2 Å². The fraction of sp³-hybridized carbons (Fsp3) is 0.280. The van der Waals surface area contributed by atoms with Gasteiger partial charge in [0, 0.05) is 30.7 Å². The number of rotatable bonds is 9. The van der Waals surface area contributed by atoms with Crippen LogP contribution in [0.5, 0.6) is 0 Å². The van der Waals surface area contributed by atoms with Gasteiger partial charge in [0.1, 0.15) is 6.04 Å². The van der Waals surface area contributed by atoms with E-state index in [2.05, 4.69) is 5.32 Å². The van der Waals surface area contributed by atoms with Crippen LogP contribution in [0.3, 0.4) is 0 Å². The Hall–Kier alpha value is -2.65. The molecule has 0 heterocycles. The average Bonchev–Trinajstić information content (AvgIpc) is 2.84. The van der Waals surface area contributed by atoms with Crippen molar-refractivity contribution in [2.45, 2.75) is 30.8 Å². The Morgan fingerprint density at radius 2 is 1.69 bits per heavy atom. The summed E-state index contributed by atoms with van der Waals surface area (Å²) in [6.07, 6.45) is 0.331. The molecule has 10 heteroatoms. The van der Waals surface area contributed by atoms with Gasteiger partial charge in [0.05, 0.1) is 11.4 Å². The summed E-state index contributed by atoms with van der Waals surface area (Å²) in [4.78, 5) is 27.4. The molecule has 0 saturated carbocycles. The number of nitrogens with zero attached hydrogens (tertiary/aromatic N) is 2. The molecular weight excluding hydrogens is 509 g/mol. The van der Waals surface area contributed by atoms with E-state index < -0.39 is 28.5 Å². The first-order valence-corrected chi connectivity index (χ1v) is 13.2. The predicted molar refractivity (Wildman–Crippen MR) is 139 cm³/mol. The van der Waals surface area contributed by atoms with Crippen LogP contribution in [0, 0.1) is 0 Å². The van der Waals surface area contributed by atoms with E-state index in [-0.39, 0.29) is 17.3 Å². The fourth-order valence-corrected chi connectivity index (χ4v) is 5.42. The zero-order valence-corrected chi connectivity index (χ0v) is 22.0. The fourth-order valence-electron chi connectivity index (χ4n) is 3.79. The van der Waals surface area contributed by atoms with Crippen molar-refractivity contribution in [3.63, 3.8) is 0 Å². The molecule has 7 nitrogen and oxygen atoms in total. The monoisotopic (exact) mass is 535 g/mol. The molecule has 1 N–H and O–H groups in total. The summed E-state index contributed by atoms with van der Waals surface area (Å²) in [5, 5.41) is 5.04. The van der Waals surface area contributed by atoms with Crippen LogP contribution in [0.15, 0.2) is 65.6 Å². The van der Waals surface area contributed by atoms with Crippen molar-refractivity contribution in [2.75, 3.05) is 20.6 Å². The van der Waals surface area contributed by atoms with Crippen LogP contribution in [0.2, 0.25) is 10.0 Å². The molecule has 3 aromatic rings. The summed E-state index contributed by atoms with van der Waals surface area (Å²) in [7, 11) is -1.13. The van der Waals surface area contributed by atoms with Gasteiger partial charge in [-0.1, -0.05) is 66.5 Å². The van der Waals surface area contributed by atoms with E-state index in [4.69, 9.17) is 23.2 Å². The Kier molecular flexibility index (Phi) is 8.77. The van der Waals surface area contributed by atoms with E-state index in [1.165, 1.54) is 25.1 Å². The Labute approximate surface area is 215 Å². The van der Waals surface area contributed by atoms with Crippen LogP contribution in [0.4, 0.5) is 0 Å². The number of halogens is 2. The minimum absolute atomic E-state index is 0.0185. The number of likely N-dealkylation sites (N-methyl/N-ethyl adjacent to an activating group) is 2. The molecule has 0 aromatic heterocycles. The van der Waals surface area contributed by atoms with Crippen LogP contribution < -0.4 is 5.32 Å². The highest BCUT2D eigenvalue weighted by Crippen LogP contribution is 2.25. The van der Waals surface area contributed by atoms with Gasteiger partial charge in [-0.25, -0.2) is 8.42 Å². The van der Waals surface area contributed by atoms with E-state index in [9.17, 15) is 18.0 Å². The van der Waals surface area contributed by atoms with Crippen molar-refractivity contribution in [1.29, 1.82) is 0 Å². The maximum absolute atomic E-state index is 13.4. The van der Waals surface area contributed by atoms with E-state index in [1.54, 1.807) is 37.3 Å². The number of nitrogens with one attached hydrogen (secondary N) is 1. The number of fused-ring (bicyclic) bond motifs is 1. The molecule has 0 unspecified atom stereocenters. The van der Waals surface area contributed by atoms with Crippen LogP contribution in [0.25, 0.3) is 10.8 Å². The number of carbonyl (C=O) groups is 2. The molecule has 0 radical (unpaired) electrons. The van der Waals surface area contributed by atoms with Crippen molar-refractivity contribution >= 4 is 55.8 Å². The molecule has 35 heavy (non-hydrogen) atoms. The highest BCUT2D eigenvalue weighted by molar-refractivity contribution is 7.89. The lowest BCUT2D eigenvalue weighted by molar-refractivity contribution is -0.141. The number of amides is 2. The molecule has 0 aliphatic carbocycles. The molecule has 3 aromatic carbocycles. The molecule has 2 amide bonds. The van der Waals surface area contributed by atoms with Crippen LogP contribution in [-0.4, -0.2) is 56.1 Å². The van der Waals surface area contributed by atoms with Gasteiger partial charge in [0.25, 0.3) is 0 Å². The van der Waals surface area contributed by atoms with E-state index in [0.717, 1.165) is 15.1 Å². The Morgan fingerprint density at radius 1 is 1.00 bits per heavy atom. The van der Waals surface area contributed by atoms with Crippen molar-refractivity contribution in [2.24, 2.45) is 0 Å². The molecule has 0 aliphatic heterocycles. The molecule has 1 atom stereocenters. The molecular formula is C25H27Cl2N3O4S. The maximum atomic E-state index is 13.4. The van der Waals surface area contributed by atoms with Gasteiger partial charge < -0.3 is 10.2 Å². The van der Waals surface area contributed by atoms with E-state index in [0.29, 0.717) is 22.0 Å².